The molecule has 2 atom stereocenters. The molecule has 2 fully saturated rings. The van der Waals surface area contributed by atoms with Gasteiger partial charge in [-0.05, 0) is 0 Å². The third kappa shape index (κ3) is 2.23. The van der Waals surface area contributed by atoms with Crippen LogP contribution >= 0.6 is 0 Å². The summed E-state index contributed by atoms with van der Waals surface area (Å²) in [6.07, 6.45) is 2.84. The van der Waals surface area contributed by atoms with Crippen molar-refractivity contribution in [1.82, 2.24) is 9.80 Å². The Morgan fingerprint density at radius 3 is 2.64 bits per heavy atom. The van der Waals surface area contributed by atoms with Crippen LogP contribution < -0.4 is 0 Å². The molecule has 0 aromatic rings. The molecule has 2 saturated heterocycles. The third-order valence-electron chi connectivity index (χ3n) is 2.61. The van der Waals surface area contributed by atoms with Crippen molar-refractivity contribution < 1.29 is 9.47 Å². The van der Waals surface area contributed by atoms with E-state index in [4.69, 9.17) is 9.47 Å². The zero-order valence-electron chi connectivity index (χ0n) is 8.13. The minimum atomic E-state index is 0.443. The lowest BCUT2D eigenvalue weighted by Crippen LogP contribution is -2.44. The SMILES string of the molecule is C1=NCN(CC2CO2)CN1CC1CO1. The Balaban J connectivity index is 1.48. The number of ether oxygens (including phenoxy) is 2. The predicted molar refractivity (Wildman–Crippen MR) is 51.1 cm³/mol. The van der Waals surface area contributed by atoms with Gasteiger partial charge in [-0.15, -0.1) is 0 Å². The van der Waals surface area contributed by atoms with E-state index in [1.54, 1.807) is 0 Å². The molecule has 5 heteroatoms. The number of rotatable bonds is 4. The topological polar surface area (TPSA) is 43.9 Å². The molecule has 0 amide bonds. The summed E-state index contributed by atoms with van der Waals surface area (Å²) in [6.45, 7) is 5.60. The van der Waals surface area contributed by atoms with E-state index in [-0.39, 0.29) is 0 Å². The summed E-state index contributed by atoms with van der Waals surface area (Å²) >= 11 is 0. The van der Waals surface area contributed by atoms with Gasteiger partial charge in [-0.2, -0.15) is 0 Å². The van der Waals surface area contributed by atoms with E-state index in [1.165, 1.54) is 0 Å². The predicted octanol–water partition coefficient (Wildman–Crippen LogP) is -0.655. The normalized spacial score (nSPS) is 36.1. The van der Waals surface area contributed by atoms with Crippen LogP contribution in [0.3, 0.4) is 0 Å². The molecule has 0 aromatic heterocycles. The third-order valence-corrected chi connectivity index (χ3v) is 2.61. The van der Waals surface area contributed by atoms with E-state index in [9.17, 15) is 0 Å². The molecule has 0 bridgehead atoms. The van der Waals surface area contributed by atoms with Gasteiger partial charge in [0, 0.05) is 13.1 Å². The summed E-state index contributed by atoms with van der Waals surface area (Å²) in [7, 11) is 0. The molecule has 0 N–H and O–H groups in total. The maximum absolute atomic E-state index is 5.20. The molecular formula is C9H15N3O2. The number of hydrogen-bond donors (Lipinski definition) is 0. The zero-order chi connectivity index (χ0) is 9.38. The van der Waals surface area contributed by atoms with Crippen molar-refractivity contribution in [2.75, 3.05) is 39.6 Å². The zero-order valence-corrected chi connectivity index (χ0v) is 8.13. The standard InChI is InChI=1S/C9H15N3O2/c1(8-3-13-8)11-5-10-6-12(7-11)2-9-4-14-9/h5,8-9H,1-4,6-7H2. The summed E-state index contributed by atoms with van der Waals surface area (Å²) in [5.74, 6) is 0. The second-order valence-corrected chi connectivity index (χ2v) is 4.12. The Morgan fingerprint density at radius 1 is 1.21 bits per heavy atom. The van der Waals surface area contributed by atoms with Crippen molar-refractivity contribution in [3.05, 3.63) is 0 Å². The summed E-state index contributed by atoms with van der Waals surface area (Å²) in [6, 6.07) is 0. The maximum atomic E-state index is 5.20. The smallest absolute Gasteiger partial charge is 0.0985 e. The Morgan fingerprint density at radius 2 is 1.93 bits per heavy atom. The van der Waals surface area contributed by atoms with Crippen molar-refractivity contribution in [1.29, 1.82) is 0 Å². The molecule has 3 heterocycles. The molecule has 3 aliphatic heterocycles. The summed E-state index contributed by atoms with van der Waals surface area (Å²) < 4.78 is 10.4. The molecule has 0 aliphatic carbocycles. The fraction of sp³-hybridized carbons (Fsp3) is 0.889. The molecule has 0 radical (unpaired) electrons. The second-order valence-electron chi connectivity index (χ2n) is 4.12. The number of hydrogen-bond acceptors (Lipinski definition) is 5. The van der Waals surface area contributed by atoms with Crippen molar-refractivity contribution >= 4 is 6.34 Å². The molecule has 3 aliphatic rings. The lowest BCUT2D eigenvalue weighted by molar-refractivity contribution is 0.158. The lowest BCUT2D eigenvalue weighted by atomic mass is 10.4. The Bertz CT molecular complexity index is 238. The van der Waals surface area contributed by atoms with Gasteiger partial charge in [0.2, 0.25) is 0 Å². The van der Waals surface area contributed by atoms with E-state index in [2.05, 4.69) is 14.8 Å². The Kier molecular flexibility index (Phi) is 2.15. The first-order valence-electron chi connectivity index (χ1n) is 5.10. The summed E-state index contributed by atoms with van der Waals surface area (Å²) in [4.78, 5) is 8.83. The quantitative estimate of drug-likeness (QED) is 0.561. The van der Waals surface area contributed by atoms with Crippen LogP contribution in [0.1, 0.15) is 0 Å². The number of nitrogens with zero attached hydrogens (tertiary/aromatic N) is 3. The molecule has 2 unspecified atom stereocenters. The molecular weight excluding hydrogens is 182 g/mol. The molecule has 0 saturated carbocycles. The van der Waals surface area contributed by atoms with Crippen LogP contribution in [0.15, 0.2) is 4.99 Å². The minimum absolute atomic E-state index is 0.443. The second kappa shape index (κ2) is 3.49. The Hall–Kier alpha value is -0.650. The van der Waals surface area contributed by atoms with Gasteiger partial charge in [-0.25, -0.2) is 0 Å². The highest BCUT2D eigenvalue weighted by molar-refractivity contribution is 5.55. The van der Waals surface area contributed by atoms with Gasteiger partial charge in [0.15, 0.2) is 0 Å². The fourth-order valence-corrected chi connectivity index (χ4v) is 1.72. The van der Waals surface area contributed by atoms with E-state index >= 15 is 0 Å². The average Bonchev–Trinajstić information content (AvgIpc) is 3.00. The van der Waals surface area contributed by atoms with Gasteiger partial charge in [0.1, 0.15) is 0 Å². The molecule has 14 heavy (non-hydrogen) atoms. The van der Waals surface area contributed by atoms with Crippen molar-refractivity contribution in [3.8, 4) is 0 Å². The summed E-state index contributed by atoms with van der Waals surface area (Å²) in [5, 5.41) is 0. The van der Waals surface area contributed by atoms with E-state index < -0.39 is 0 Å². The minimum Gasteiger partial charge on any atom is -0.372 e. The average molecular weight is 197 g/mol. The maximum Gasteiger partial charge on any atom is 0.0985 e. The van der Waals surface area contributed by atoms with Gasteiger partial charge in [-0.3, -0.25) is 9.89 Å². The lowest BCUT2D eigenvalue weighted by Gasteiger charge is -2.30. The van der Waals surface area contributed by atoms with Gasteiger partial charge >= 0.3 is 0 Å². The Labute approximate surface area is 83.3 Å². The van der Waals surface area contributed by atoms with E-state index in [0.717, 1.165) is 39.6 Å². The van der Waals surface area contributed by atoms with Gasteiger partial charge in [0.05, 0.1) is 45.1 Å². The van der Waals surface area contributed by atoms with Gasteiger partial charge in [0.25, 0.3) is 0 Å². The molecule has 3 rings (SSSR count). The molecule has 0 spiro atoms. The largest absolute Gasteiger partial charge is 0.372 e. The van der Waals surface area contributed by atoms with Crippen LogP contribution in [-0.4, -0.2) is 68.0 Å². The van der Waals surface area contributed by atoms with Crippen molar-refractivity contribution in [2.24, 2.45) is 4.99 Å². The van der Waals surface area contributed by atoms with Crippen LogP contribution in [0.4, 0.5) is 0 Å². The number of aliphatic imine (C=N–C) groups is 1. The highest BCUT2D eigenvalue weighted by Gasteiger charge is 2.29. The highest BCUT2D eigenvalue weighted by atomic mass is 16.6. The van der Waals surface area contributed by atoms with Crippen molar-refractivity contribution in [2.45, 2.75) is 12.2 Å². The van der Waals surface area contributed by atoms with Crippen LogP contribution in [0, 0.1) is 0 Å². The first-order chi connectivity index (χ1) is 6.90. The van der Waals surface area contributed by atoms with Crippen molar-refractivity contribution in [3.63, 3.8) is 0 Å². The first kappa shape index (κ1) is 8.64. The van der Waals surface area contributed by atoms with Gasteiger partial charge < -0.3 is 14.4 Å². The van der Waals surface area contributed by atoms with Gasteiger partial charge in [-0.1, -0.05) is 0 Å². The highest BCUT2D eigenvalue weighted by Crippen LogP contribution is 2.14. The fourth-order valence-electron chi connectivity index (χ4n) is 1.72. The number of epoxide rings is 2. The van der Waals surface area contributed by atoms with Crippen LogP contribution in [-0.2, 0) is 9.47 Å². The summed E-state index contributed by atoms with van der Waals surface area (Å²) in [5.41, 5.74) is 0. The first-order valence-corrected chi connectivity index (χ1v) is 5.10. The monoisotopic (exact) mass is 197 g/mol. The molecule has 5 nitrogen and oxygen atoms in total. The molecule has 78 valence electrons. The van der Waals surface area contributed by atoms with E-state index in [0.29, 0.717) is 12.2 Å². The van der Waals surface area contributed by atoms with Crippen LogP contribution in [0.25, 0.3) is 0 Å². The molecule has 0 aromatic carbocycles. The van der Waals surface area contributed by atoms with Crippen LogP contribution in [0.5, 0.6) is 0 Å². The van der Waals surface area contributed by atoms with Crippen LogP contribution in [0.2, 0.25) is 0 Å². The van der Waals surface area contributed by atoms with E-state index in [1.807, 2.05) is 6.34 Å².